The van der Waals surface area contributed by atoms with E-state index in [1.807, 2.05) is 54.6 Å². The van der Waals surface area contributed by atoms with E-state index in [-0.39, 0.29) is 0 Å². The number of rotatable bonds is 3. The molecule has 0 aliphatic rings. The lowest BCUT2D eigenvalue weighted by atomic mass is 10.1. The fourth-order valence-electron chi connectivity index (χ4n) is 2.09. The van der Waals surface area contributed by atoms with Crippen LogP contribution in [0, 0.1) is 6.92 Å². The number of aryl methyl sites for hydroxylation is 1. The Bertz CT molecular complexity index is 667. The molecule has 3 aromatic carbocycles. The van der Waals surface area contributed by atoms with Crippen molar-refractivity contribution in [3.63, 3.8) is 0 Å². The molecule has 0 atom stereocenters. The van der Waals surface area contributed by atoms with Crippen LogP contribution in [0.1, 0.15) is 5.56 Å². The topological polar surface area (TPSA) is 9.23 Å². The molecule has 0 amide bonds. The third-order valence-electron chi connectivity index (χ3n) is 3.22. The first kappa shape index (κ1) is 12.5. The summed E-state index contributed by atoms with van der Waals surface area (Å²) in [7, 11) is 0. The molecule has 0 heterocycles. The van der Waals surface area contributed by atoms with Gasteiger partial charge < -0.3 is 4.74 Å². The first-order valence-electron chi connectivity index (χ1n) is 6.71. The van der Waals surface area contributed by atoms with Crippen LogP contribution >= 0.6 is 0 Å². The van der Waals surface area contributed by atoms with Crippen LogP contribution in [-0.4, -0.2) is 0 Å². The smallest absolute Gasteiger partial charge is 0.127 e. The molecular formula is C19H16O. The van der Waals surface area contributed by atoms with Crippen molar-refractivity contribution in [1.29, 1.82) is 0 Å². The van der Waals surface area contributed by atoms with Crippen molar-refractivity contribution < 1.29 is 4.74 Å². The second-order valence-electron chi connectivity index (χ2n) is 4.81. The Morgan fingerprint density at radius 1 is 0.550 bits per heavy atom. The minimum Gasteiger partial charge on any atom is -0.457 e. The summed E-state index contributed by atoms with van der Waals surface area (Å²) in [5.41, 5.74) is 3.65. The van der Waals surface area contributed by atoms with Crippen molar-refractivity contribution in [2.75, 3.05) is 0 Å². The molecule has 3 rings (SSSR count). The lowest BCUT2D eigenvalue weighted by molar-refractivity contribution is 0.482. The van der Waals surface area contributed by atoms with Crippen LogP contribution < -0.4 is 4.74 Å². The van der Waals surface area contributed by atoms with E-state index in [0.717, 1.165) is 11.5 Å². The molecule has 1 heteroatoms. The Morgan fingerprint density at radius 3 is 1.65 bits per heavy atom. The zero-order chi connectivity index (χ0) is 13.8. The second-order valence-corrected chi connectivity index (χ2v) is 4.81. The highest BCUT2D eigenvalue weighted by Gasteiger charge is 1.99. The predicted molar refractivity (Wildman–Crippen MR) is 83.1 cm³/mol. The van der Waals surface area contributed by atoms with Crippen molar-refractivity contribution in [1.82, 2.24) is 0 Å². The summed E-state index contributed by atoms with van der Waals surface area (Å²) in [5.74, 6) is 1.72. The second kappa shape index (κ2) is 5.62. The van der Waals surface area contributed by atoms with Crippen LogP contribution in [0.15, 0.2) is 78.9 Å². The number of ether oxygens (including phenoxy) is 1. The molecule has 0 N–H and O–H groups in total. The highest BCUT2D eigenvalue weighted by atomic mass is 16.5. The van der Waals surface area contributed by atoms with Gasteiger partial charge >= 0.3 is 0 Å². The van der Waals surface area contributed by atoms with E-state index in [0.29, 0.717) is 0 Å². The van der Waals surface area contributed by atoms with Crippen molar-refractivity contribution in [2.45, 2.75) is 6.92 Å². The summed E-state index contributed by atoms with van der Waals surface area (Å²) >= 11 is 0. The Hall–Kier alpha value is -2.54. The maximum absolute atomic E-state index is 5.82. The standard InChI is InChI=1S/C19H16O/c1-15-7-11-18(12-8-15)20-19-13-9-17(10-14-19)16-5-3-2-4-6-16/h2-14H,1H3. The zero-order valence-electron chi connectivity index (χ0n) is 11.4. The zero-order valence-corrected chi connectivity index (χ0v) is 11.4. The molecular weight excluding hydrogens is 244 g/mol. The molecule has 0 aromatic heterocycles. The molecule has 0 saturated heterocycles. The van der Waals surface area contributed by atoms with Crippen molar-refractivity contribution >= 4 is 0 Å². The van der Waals surface area contributed by atoms with Gasteiger partial charge in [0.25, 0.3) is 0 Å². The SMILES string of the molecule is Cc1ccc(Oc2ccc(-c3ccccc3)cc2)cc1. The summed E-state index contributed by atoms with van der Waals surface area (Å²) in [6, 6.07) is 26.6. The predicted octanol–water partition coefficient (Wildman–Crippen LogP) is 5.45. The average molecular weight is 260 g/mol. The number of hydrogen-bond acceptors (Lipinski definition) is 1. The van der Waals surface area contributed by atoms with Gasteiger partial charge in [-0.25, -0.2) is 0 Å². The van der Waals surface area contributed by atoms with Crippen molar-refractivity contribution in [2.24, 2.45) is 0 Å². The van der Waals surface area contributed by atoms with Crippen molar-refractivity contribution in [3.8, 4) is 22.6 Å². The molecule has 0 bridgehead atoms. The average Bonchev–Trinajstić information content (AvgIpc) is 2.51. The monoisotopic (exact) mass is 260 g/mol. The fourth-order valence-corrected chi connectivity index (χ4v) is 2.09. The lowest BCUT2D eigenvalue weighted by Gasteiger charge is -2.07. The quantitative estimate of drug-likeness (QED) is 0.608. The Morgan fingerprint density at radius 2 is 1.05 bits per heavy atom. The molecule has 0 spiro atoms. The van der Waals surface area contributed by atoms with Crippen LogP contribution in [0.3, 0.4) is 0 Å². The minimum atomic E-state index is 0.855. The molecule has 98 valence electrons. The minimum absolute atomic E-state index is 0.855. The fraction of sp³-hybridized carbons (Fsp3) is 0.0526. The van der Waals surface area contributed by atoms with Gasteiger partial charge in [0.15, 0.2) is 0 Å². The van der Waals surface area contributed by atoms with Crippen LogP contribution in [0.5, 0.6) is 11.5 Å². The number of benzene rings is 3. The largest absolute Gasteiger partial charge is 0.457 e. The van der Waals surface area contributed by atoms with Gasteiger partial charge in [-0.3, -0.25) is 0 Å². The van der Waals surface area contributed by atoms with Gasteiger partial charge in [0, 0.05) is 0 Å². The van der Waals surface area contributed by atoms with Gasteiger partial charge in [-0.15, -0.1) is 0 Å². The molecule has 3 aromatic rings. The summed E-state index contributed by atoms with van der Waals surface area (Å²) < 4.78 is 5.82. The third kappa shape index (κ3) is 2.89. The summed E-state index contributed by atoms with van der Waals surface area (Å²) in [4.78, 5) is 0. The van der Waals surface area contributed by atoms with Gasteiger partial charge in [0.05, 0.1) is 0 Å². The van der Waals surface area contributed by atoms with E-state index in [4.69, 9.17) is 4.74 Å². The van der Waals surface area contributed by atoms with E-state index in [2.05, 4.69) is 31.2 Å². The Kier molecular flexibility index (Phi) is 3.51. The van der Waals surface area contributed by atoms with E-state index in [1.54, 1.807) is 0 Å². The summed E-state index contributed by atoms with van der Waals surface area (Å²) in [5, 5.41) is 0. The van der Waals surface area contributed by atoms with E-state index in [1.165, 1.54) is 16.7 Å². The maximum Gasteiger partial charge on any atom is 0.127 e. The highest BCUT2D eigenvalue weighted by molar-refractivity contribution is 5.64. The normalized spacial score (nSPS) is 10.2. The van der Waals surface area contributed by atoms with Crippen molar-refractivity contribution in [3.05, 3.63) is 84.4 Å². The van der Waals surface area contributed by atoms with Crippen LogP contribution in [-0.2, 0) is 0 Å². The van der Waals surface area contributed by atoms with Crippen LogP contribution in [0.25, 0.3) is 11.1 Å². The van der Waals surface area contributed by atoms with Gasteiger partial charge in [-0.2, -0.15) is 0 Å². The van der Waals surface area contributed by atoms with Gasteiger partial charge in [0.2, 0.25) is 0 Å². The van der Waals surface area contributed by atoms with Gasteiger partial charge in [0.1, 0.15) is 11.5 Å². The van der Waals surface area contributed by atoms with Crippen LogP contribution in [0.4, 0.5) is 0 Å². The van der Waals surface area contributed by atoms with Gasteiger partial charge in [-0.1, -0.05) is 60.2 Å². The molecule has 0 radical (unpaired) electrons. The molecule has 0 saturated carbocycles. The molecule has 0 unspecified atom stereocenters. The van der Waals surface area contributed by atoms with E-state index in [9.17, 15) is 0 Å². The Labute approximate surface area is 119 Å². The molecule has 20 heavy (non-hydrogen) atoms. The van der Waals surface area contributed by atoms with Gasteiger partial charge in [-0.05, 0) is 42.3 Å². The van der Waals surface area contributed by atoms with Crippen LogP contribution in [0.2, 0.25) is 0 Å². The molecule has 0 aliphatic carbocycles. The molecule has 1 nitrogen and oxygen atoms in total. The van der Waals surface area contributed by atoms with E-state index < -0.39 is 0 Å². The highest BCUT2D eigenvalue weighted by Crippen LogP contribution is 2.25. The molecule has 0 fully saturated rings. The maximum atomic E-state index is 5.82. The third-order valence-corrected chi connectivity index (χ3v) is 3.22. The number of hydrogen-bond donors (Lipinski definition) is 0. The summed E-state index contributed by atoms with van der Waals surface area (Å²) in [6.07, 6.45) is 0. The lowest BCUT2D eigenvalue weighted by Crippen LogP contribution is -1.84. The first-order valence-corrected chi connectivity index (χ1v) is 6.71. The molecule has 0 aliphatic heterocycles. The first-order chi connectivity index (χ1) is 9.81. The summed E-state index contributed by atoms with van der Waals surface area (Å²) in [6.45, 7) is 2.07. The van der Waals surface area contributed by atoms with E-state index >= 15 is 0 Å². The Balaban J connectivity index is 1.78.